The first kappa shape index (κ1) is 13.9. The third kappa shape index (κ3) is 3.99. The number of nitrogens with two attached hydrogens (primary N) is 1. The number of aliphatic carboxylic acids is 1. The Kier molecular flexibility index (Phi) is 4.49. The molecule has 0 fully saturated rings. The van der Waals surface area contributed by atoms with Gasteiger partial charge in [-0.05, 0) is 20.0 Å². The van der Waals surface area contributed by atoms with Crippen LogP contribution >= 0.6 is 7.14 Å². The summed E-state index contributed by atoms with van der Waals surface area (Å²) >= 11 is 0. The van der Waals surface area contributed by atoms with Crippen LogP contribution in [0, 0.1) is 6.92 Å². The van der Waals surface area contributed by atoms with E-state index in [0.29, 0.717) is 6.16 Å². The van der Waals surface area contributed by atoms with Crippen molar-refractivity contribution in [2.75, 3.05) is 12.8 Å². The fraction of sp³-hybridized carbons (Fsp3) is 0.417. The van der Waals surface area contributed by atoms with Gasteiger partial charge in [0.25, 0.3) is 0 Å². The monoisotopic (exact) mass is 255 g/mol. The molecule has 4 nitrogen and oxygen atoms in total. The van der Waals surface area contributed by atoms with Gasteiger partial charge in [-0.15, -0.1) is 0 Å². The fourth-order valence-electron chi connectivity index (χ4n) is 1.50. The molecule has 0 spiro atoms. The normalized spacial score (nSPS) is 16.2. The third-order valence-corrected chi connectivity index (χ3v) is 5.27. The molecule has 94 valence electrons. The number of hydrogen-bond acceptors (Lipinski definition) is 3. The smallest absolute Gasteiger partial charge is 0.320 e. The Balaban J connectivity index is 2.72. The van der Waals surface area contributed by atoms with Crippen LogP contribution in [0.25, 0.3) is 0 Å². The summed E-state index contributed by atoms with van der Waals surface area (Å²) in [6.45, 7) is 3.64. The van der Waals surface area contributed by atoms with Gasteiger partial charge in [0.1, 0.15) is 13.2 Å². The summed E-state index contributed by atoms with van der Waals surface area (Å²) in [4.78, 5) is 10.6. The lowest BCUT2D eigenvalue weighted by atomic mass is 10.2. The largest absolute Gasteiger partial charge is 0.480 e. The second-order valence-electron chi connectivity index (χ2n) is 4.39. The van der Waals surface area contributed by atoms with Gasteiger partial charge in [-0.2, -0.15) is 0 Å². The van der Waals surface area contributed by atoms with Crippen molar-refractivity contribution in [1.29, 1.82) is 0 Å². The van der Waals surface area contributed by atoms with E-state index in [9.17, 15) is 9.36 Å². The van der Waals surface area contributed by atoms with Crippen LogP contribution in [0.2, 0.25) is 0 Å². The average Bonchev–Trinajstić information content (AvgIpc) is 2.26. The molecule has 0 aliphatic heterocycles. The highest BCUT2D eigenvalue weighted by atomic mass is 31.2. The molecule has 0 amide bonds. The summed E-state index contributed by atoms with van der Waals surface area (Å²) in [6.07, 6.45) is 0.556. The van der Waals surface area contributed by atoms with Crippen molar-refractivity contribution >= 4 is 18.4 Å². The van der Waals surface area contributed by atoms with Gasteiger partial charge in [0.2, 0.25) is 0 Å². The SMILES string of the molecule is Cc1ccc(P(C)(=O)CCC(N)C(=O)O)cc1. The number of benzene rings is 1. The Morgan fingerprint density at radius 2 is 1.94 bits per heavy atom. The molecule has 0 heterocycles. The molecule has 2 unspecified atom stereocenters. The van der Waals surface area contributed by atoms with Crippen LogP contribution in [0.5, 0.6) is 0 Å². The van der Waals surface area contributed by atoms with Crippen LogP contribution in [0.15, 0.2) is 24.3 Å². The summed E-state index contributed by atoms with van der Waals surface area (Å²) < 4.78 is 12.4. The Morgan fingerprint density at radius 1 is 1.41 bits per heavy atom. The number of carboxylic acid groups (broad SMARTS) is 1. The minimum atomic E-state index is -2.50. The highest BCUT2D eigenvalue weighted by Crippen LogP contribution is 2.40. The summed E-state index contributed by atoms with van der Waals surface area (Å²) in [5, 5.41) is 9.45. The molecule has 0 saturated heterocycles. The summed E-state index contributed by atoms with van der Waals surface area (Å²) in [5.74, 6) is -1.05. The van der Waals surface area contributed by atoms with Crippen molar-refractivity contribution in [1.82, 2.24) is 0 Å². The van der Waals surface area contributed by atoms with Gasteiger partial charge in [0, 0.05) is 11.5 Å². The predicted molar refractivity (Wildman–Crippen MR) is 69.4 cm³/mol. The summed E-state index contributed by atoms with van der Waals surface area (Å²) in [6, 6.07) is 6.55. The number of rotatable bonds is 5. The van der Waals surface area contributed by atoms with E-state index in [1.807, 2.05) is 31.2 Å². The minimum absolute atomic E-state index is 0.233. The molecule has 17 heavy (non-hydrogen) atoms. The lowest BCUT2D eigenvalue weighted by Crippen LogP contribution is -2.31. The zero-order valence-electron chi connectivity index (χ0n) is 10.1. The van der Waals surface area contributed by atoms with Crippen molar-refractivity contribution in [2.24, 2.45) is 5.73 Å². The summed E-state index contributed by atoms with van der Waals surface area (Å²) in [5.41, 5.74) is 6.51. The standard InChI is InChI=1S/C12H18NO3P/c1-9-3-5-10(6-4-9)17(2,16)8-7-11(13)12(14)15/h3-6,11H,7-8,13H2,1-2H3,(H,14,15). The molecule has 1 rings (SSSR count). The molecule has 5 heteroatoms. The van der Waals surface area contributed by atoms with Gasteiger partial charge in [-0.25, -0.2) is 0 Å². The number of aryl methyl sites for hydroxylation is 1. The molecule has 1 aromatic rings. The topological polar surface area (TPSA) is 80.4 Å². The van der Waals surface area contributed by atoms with Crippen molar-refractivity contribution in [3.8, 4) is 0 Å². The number of carboxylic acids is 1. The highest BCUT2D eigenvalue weighted by molar-refractivity contribution is 7.70. The molecule has 0 saturated carbocycles. The van der Waals surface area contributed by atoms with E-state index in [1.165, 1.54) is 0 Å². The first-order valence-electron chi connectivity index (χ1n) is 5.45. The molecule has 0 radical (unpaired) electrons. The molecular formula is C12H18NO3P. The Bertz CT molecular complexity index is 442. The van der Waals surface area contributed by atoms with Crippen molar-refractivity contribution < 1.29 is 14.5 Å². The van der Waals surface area contributed by atoms with Crippen LogP contribution in [-0.4, -0.2) is 29.9 Å². The third-order valence-electron chi connectivity index (χ3n) is 2.76. The molecule has 0 bridgehead atoms. The van der Waals surface area contributed by atoms with Crippen molar-refractivity contribution in [3.05, 3.63) is 29.8 Å². The maximum absolute atomic E-state index is 12.4. The van der Waals surface area contributed by atoms with Crippen LogP contribution < -0.4 is 11.0 Å². The molecule has 1 aromatic carbocycles. The molecule has 2 atom stereocenters. The first-order chi connectivity index (χ1) is 7.83. The first-order valence-corrected chi connectivity index (χ1v) is 7.79. The van der Waals surface area contributed by atoms with E-state index in [2.05, 4.69) is 0 Å². The van der Waals surface area contributed by atoms with E-state index in [4.69, 9.17) is 10.8 Å². The minimum Gasteiger partial charge on any atom is -0.480 e. The zero-order valence-corrected chi connectivity index (χ0v) is 11.0. The van der Waals surface area contributed by atoms with E-state index in [0.717, 1.165) is 10.9 Å². The maximum atomic E-state index is 12.4. The van der Waals surface area contributed by atoms with E-state index >= 15 is 0 Å². The Morgan fingerprint density at radius 3 is 2.41 bits per heavy atom. The number of carbonyl (C=O) groups is 1. The molecular weight excluding hydrogens is 237 g/mol. The Hall–Kier alpha value is -1.12. The van der Waals surface area contributed by atoms with E-state index < -0.39 is 19.2 Å². The van der Waals surface area contributed by atoms with E-state index in [-0.39, 0.29) is 6.42 Å². The zero-order chi connectivity index (χ0) is 13.1. The second kappa shape index (κ2) is 5.48. The lowest BCUT2D eigenvalue weighted by molar-refractivity contribution is -0.138. The molecule has 0 aromatic heterocycles. The summed E-state index contributed by atoms with van der Waals surface area (Å²) in [7, 11) is -2.50. The van der Waals surface area contributed by atoms with Gasteiger partial charge in [-0.3, -0.25) is 4.79 Å². The Labute approximate surface area is 101 Å². The quantitative estimate of drug-likeness (QED) is 0.780. The molecule has 0 aliphatic rings. The predicted octanol–water partition coefficient (Wildman–Crippen LogP) is 1.42. The van der Waals surface area contributed by atoms with Gasteiger partial charge < -0.3 is 15.4 Å². The van der Waals surface area contributed by atoms with Gasteiger partial charge in [0.05, 0.1) is 0 Å². The van der Waals surface area contributed by atoms with Crippen molar-refractivity contribution in [3.63, 3.8) is 0 Å². The van der Waals surface area contributed by atoms with Crippen LogP contribution in [0.4, 0.5) is 0 Å². The lowest BCUT2D eigenvalue weighted by Gasteiger charge is -2.15. The average molecular weight is 255 g/mol. The highest BCUT2D eigenvalue weighted by Gasteiger charge is 2.21. The molecule has 0 aliphatic carbocycles. The van der Waals surface area contributed by atoms with E-state index in [1.54, 1.807) is 6.66 Å². The fourth-order valence-corrected chi connectivity index (χ4v) is 3.31. The second-order valence-corrected chi connectivity index (χ2v) is 7.56. The maximum Gasteiger partial charge on any atom is 0.320 e. The van der Waals surface area contributed by atoms with Gasteiger partial charge >= 0.3 is 5.97 Å². The number of hydrogen-bond donors (Lipinski definition) is 2. The van der Waals surface area contributed by atoms with Gasteiger partial charge in [-0.1, -0.05) is 29.8 Å². The van der Waals surface area contributed by atoms with Gasteiger partial charge in [0.15, 0.2) is 0 Å². The molecule has 3 N–H and O–H groups in total. The van der Waals surface area contributed by atoms with Crippen LogP contribution in [-0.2, 0) is 9.36 Å². The van der Waals surface area contributed by atoms with Crippen LogP contribution in [0.1, 0.15) is 12.0 Å². The van der Waals surface area contributed by atoms with Crippen molar-refractivity contribution in [2.45, 2.75) is 19.4 Å². The van der Waals surface area contributed by atoms with Crippen LogP contribution in [0.3, 0.4) is 0 Å².